The first-order chi connectivity index (χ1) is 30.2. The van der Waals surface area contributed by atoms with E-state index in [1.165, 1.54) is 26.2 Å². The van der Waals surface area contributed by atoms with Crippen molar-refractivity contribution < 1.29 is 253 Å². The summed E-state index contributed by atoms with van der Waals surface area (Å²) in [5.74, 6) is -3.51. The van der Waals surface area contributed by atoms with Gasteiger partial charge in [0.05, 0.1) is 69.1 Å². The first-order valence-corrected chi connectivity index (χ1v) is 24.7. The molecule has 40 heteroatoms. The first kappa shape index (κ1) is 72.1. The van der Waals surface area contributed by atoms with Crippen molar-refractivity contribution in [1.82, 2.24) is 0 Å². The van der Waals surface area contributed by atoms with E-state index in [4.69, 9.17) is 8.92 Å². The number of azo groups is 2. The van der Waals surface area contributed by atoms with E-state index in [1.807, 2.05) is 0 Å². The second kappa shape index (κ2) is 34.0. The van der Waals surface area contributed by atoms with Gasteiger partial charge in [0, 0.05) is 16.8 Å². The number of sulfone groups is 2. The molecule has 0 radical (unpaired) electrons. The van der Waals surface area contributed by atoms with E-state index in [9.17, 15) is 63.7 Å². The normalized spacial score (nSPS) is 11.9. The second-order valence-electron chi connectivity index (χ2n) is 11.7. The van der Waals surface area contributed by atoms with Crippen LogP contribution in [0.5, 0.6) is 11.5 Å². The zero-order valence-electron chi connectivity index (χ0n) is 36.7. The molecule has 0 amide bonds. The Morgan fingerprint density at radius 1 is 0.652 bits per heavy atom. The molecule has 0 saturated heterocycles. The van der Waals surface area contributed by atoms with Gasteiger partial charge >= 0.3 is 148 Å². The number of hydrogen-bond donors (Lipinski definition) is 2. The van der Waals surface area contributed by atoms with E-state index < -0.39 is 103 Å². The third-order valence-corrected chi connectivity index (χ3v) is 14.0. The van der Waals surface area contributed by atoms with E-state index >= 15 is 0 Å². The third-order valence-electron chi connectivity index (χ3n) is 7.76. The maximum absolute atomic E-state index is 13.0. The Bertz CT molecular complexity index is 2840. The van der Waals surface area contributed by atoms with Crippen molar-refractivity contribution in [2.75, 3.05) is 43.0 Å². The van der Waals surface area contributed by atoms with Crippen molar-refractivity contribution in [3.05, 3.63) is 54.1 Å². The van der Waals surface area contributed by atoms with Crippen molar-refractivity contribution in [1.29, 1.82) is 0 Å². The SMILES string of the molecule is COc1cc(S(=O)(=O)CCOSOO[O-])c(C)cc1N=Nc1c(SOO[O-])cc2c(N=Nc3ccc(S(=O)(=O)CCOSOO[O-])cc3S(=O)(=O)[O-])c(NCS(=O)(=O)[O-])ccc2c1O.[Na+].[Na+].[Na+].[Na+].[Na+]. The molecule has 0 aliphatic heterocycles. The minimum atomic E-state index is -5.52. The number of nitrogens with one attached hydrogen (secondary N) is 1. The molecule has 4 aromatic carbocycles. The molecule has 4 aromatic rings. The second-order valence-corrected chi connectivity index (χ2v) is 20.4. The summed E-state index contributed by atoms with van der Waals surface area (Å²) >= 11 is 0.266. The molecule has 0 spiro atoms. The van der Waals surface area contributed by atoms with Crippen molar-refractivity contribution >= 4 is 116 Å². The quantitative estimate of drug-likeness (QED) is 0.0112. The van der Waals surface area contributed by atoms with Gasteiger partial charge in [-0.2, -0.15) is 4.33 Å². The Morgan fingerprint density at radius 3 is 1.77 bits per heavy atom. The van der Waals surface area contributed by atoms with Gasteiger partial charge in [0.25, 0.3) is 0 Å². The molecule has 0 bridgehead atoms. The molecule has 69 heavy (non-hydrogen) atoms. The zero-order chi connectivity index (χ0) is 47.3. The summed E-state index contributed by atoms with van der Waals surface area (Å²) in [4.78, 5) is -2.38. The van der Waals surface area contributed by atoms with Crippen molar-refractivity contribution in [3.8, 4) is 11.5 Å². The topological polar surface area (TPSA) is 417 Å². The van der Waals surface area contributed by atoms with Crippen LogP contribution in [0.3, 0.4) is 0 Å². The first-order valence-electron chi connectivity index (χ1n) is 16.4. The van der Waals surface area contributed by atoms with Gasteiger partial charge in [-0.3, -0.25) is 23.5 Å². The number of aromatic hydroxyl groups is 1. The van der Waals surface area contributed by atoms with Crippen LogP contribution < -0.4 is 174 Å². The van der Waals surface area contributed by atoms with Gasteiger partial charge < -0.3 is 40.0 Å². The minimum absolute atomic E-state index is 0. The van der Waals surface area contributed by atoms with Crippen LogP contribution in [0.2, 0.25) is 0 Å². The summed E-state index contributed by atoms with van der Waals surface area (Å²) in [6.07, 6.45) is 0. The Hall–Kier alpha value is 1.07. The number of phenolic OH excluding ortho intramolecular Hbond substituents is 1. The number of benzene rings is 4. The van der Waals surface area contributed by atoms with Crippen LogP contribution in [-0.2, 0) is 76.4 Å². The molecule has 4 rings (SSSR count). The van der Waals surface area contributed by atoms with Crippen LogP contribution in [0.25, 0.3) is 10.8 Å². The molecule has 0 aromatic heterocycles. The number of aryl methyl sites for hydroxylation is 1. The molecule has 0 aliphatic carbocycles. The van der Waals surface area contributed by atoms with Crippen molar-refractivity contribution in [3.63, 3.8) is 0 Å². The zero-order valence-corrected chi connectivity index (χ0v) is 52.4. The minimum Gasteiger partial charge on any atom is -0.747 e. The summed E-state index contributed by atoms with van der Waals surface area (Å²) < 4.78 is 150. The van der Waals surface area contributed by atoms with Gasteiger partial charge in [-0.25, -0.2) is 33.7 Å². The molecule has 352 valence electrons. The maximum Gasteiger partial charge on any atom is 1.00 e. The van der Waals surface area contributed by atoms with E-state index in [0.29, 0.717) is 6.07 Å². The fourth-order valence-corrected chi connectivity index (χ4v) is 9.72. The summed E-state index contributed by atoms with van der Waals surface area (Å²) in [5, 5.41) is 69.6. The van der Waals surface area contributed by atoms with Gasteiger partial charge in [0.1, 0.15) is 54.6 Å². The van der Waals surface area contributed by atoms with Gasteiger partial charge in [0.2, 0.25) is 0 Å². The van der Waals surface area contributed by atoms with Gasteiger partial charge in [0.15, 0.2) is 50.1 Å². The summed E-state index contributed by atoms with van der Waals surface area (Å²) in [6, 6.07) is 7.89. The number of rotatable bonds is 26. The van der Waals surface area contributed by atoms with Crippen molar-refractivity contribution in [2.45, 2.75) is 26.5 Å². The predicted octanol–water partition coefficient (Wildman–Crippen LogP) is -13.1. The Labute approximate surface area is 516 Å². The fourth-order valence-electron chi connectivity index (χ4n) is 5.09. The number of methoxy groups -OCH3 is 1. The molecular weight excluding hydrogens is 1130 g/mol. The molecule has 2 N–H and O–H groups in total. The smallest absolute Gasteiger partial charge is 0.747 e. The summed E-state index contributed by atoms with van der Waals surface area (Å²) in [5.41, 5.74) is -1.90. The fraction of sp³-hybridized carbons (Fsp3) is 0.241. The number of phenols is 1. The maximum atomic E-state index is 13.0. The van der Waals surface area contributed by atoms with E-state index in [-0.39, 0.29) is 228 Å². The molecule has 0 fully saturated rings. The third kappa shape index (κ3) is 21.9. The standard InChI is InChI=1S/C29H31N5O23S7.5Na/c1-16-11-22(23(49-2)14-25(16)62(41,42)10-8-51-60-57-54-38)32-34-28-24(58-55-52-36)13-19-18(29(28)35)4-6-21(30-15-63(43,44)45)27(19)33-31-20-5-3-17(12-26(20)64(46,47)48)61(39,40)9-7-50-59-56-53-37;;;;;/h3-6,11-14,30,35-38H,7-10,15H2,1-2H3,(H,43,44,45)(H,46,47,48);;;;;/q;5*+1/p-5. The molecule has 0 unspecified atom stereocenters. The van der Waals surface area contributed by atoms with Gasteiger partial charge in [-0.1, -0.05) is 0 Å². The average molecular weight is 1150 g/mol. The molecule has 28 nitrogen and oxygen atoms in total. The Kier molecular flexibility index (Phi) is 35.5. The van der Waals surface area contributed by atoms with E-state index in [2.05, 4.69) is 58.1 Å². The van der Waals surface area contributed by atoms with Gasteiger partial charge in [-0.05, 0) is 55.0 Å². The van der Waals surface area contributed by atoms with Crippen molar-refractivity contribution in [2.24, 2.45) is 20.5 Å². The molecule has 0 aliphatic rings. The van der Waals surface area contributed by atoms with Gasteiger partial charge in [-0.15, -0.1) is 29.1 Å². The van der Waals surface area contributed by atoms with E-state index in [1.54, 1.807) is 0 Å². The molecular formula is C29H26N5Na5O23S7. The molecule has 0 heterocycles. The van der Waals surface area contributed by atoms with Crippen LogP contribution >= 0.6 is 36.7 Å². The number of nitrogens with zero attached hydrogens (tertiary/aromatic N) is 4. The Morgan fingerprint density at radius 2 is 1.22 bits per heavy atom. The van der Waals surface area contributed by atoms with Crippen LogP contribution in [0.1, 0.15) is 5.56 Å². The van der Waals surface area contributed by atoms with Crippen LogP contribution in [-0.4, -0.2) is 85.6 Å². The van der Waals surface area contributed by atoms with Crippen LogP contribution in [0.15, 0.2) is 88.6 Å². The molecule has 0 saturated carbocycles. The van der Waals surface area contributed by atoms with Crippen LogP contribution in [0, 0.1) is 6.92 Å². The van der Waals surface area contributed by atoms with Crippen LogP contribution in [0.4, 0.5) is 28.4 Å². The number of ether oxygens (including phenoxy) is 1. The average Bonchev–Trinajstić information content (AvgIpc) is 3.23. The number of hydrogen-bond acceptors (Lipinski definition) is 31. The van der Waals surface area contributed by atoms with E-state index in [0.717, 1.165) is 30.3 Å². The molecule has 0 atom stereocenters. The summed E-state index contributed by atoms with van der Waals surface area (Å²) in [6.45, 7) is 0.396. The Balaban J connectivity index is 0. The largest absolute Gasteiger partial charge is 1.00 e. The number of anilines is 1. The number of fused-ring (bicyclic) bond motifs is 1. The summed E-state index contributed by atoms with van der Waals surface area (Å²) in [7, 11) is -17.7. The monoisotopic (exact) mass is 1150 g/mol. The predicted molar refractivity (Wildman–Crippen MR) is 208 cm³/mol.